The van der Waals surface area contributed by atoms with Crippen molar-refractivity contribution in [3.63, 3.8) is 0 Å². The van der Waals surface area contributed by atoms with Gasteiger partial charge in [-0.3, -0.25) is 10.3 Å². The summed E-state index contributed by atoms with van der Waals surface area (Å²) >= 11 is 0. The van der Waals surface area contributed by atoms with E-state index in [1.165, 1.54) is 12.6 Å². The number of amides is 1. The van der Waals surface area contributed by atoms with E-state index in [1.807, 2.05) is 20.8 Å². The van der Waals surface area contributed by atoms with E-state index in [9.17, 15) is 4.79 Å². The van der Waals surface area contributed by atoms with Gasteiger partial charge >= 0.3 is 6.09 Å². The molecule has 2 heterocycles. The number of carbonyl (C=O) groups excluding carboxylic acids is 1. The number of fused-ring (bicyclic) bond motifs is 1. The molecule has 6 heteroatoms. The van der Waals surface area contributed by atoms with Crippen LogP contribution in [0.25, 0.3) is 0 Å². The first kappa shape index (κ1) is 13.1. The van der Waals surface area contributed by atoms with E-state index in [0.29, 0.717) is 5.82 Å². The maximum absolute atomic E-state index is 11.7. The first-order valence-electron chi connectivity index (χ1n) is 6.98. The molecule has 1 aliphatic carbocycles. The van der Waals surface area contributed by atoms with Crippen LogP contribution in [-0.4, -0.2) is 34.8 Å². The molecule has 20 heavy (non-hydrogen) atoms. The average Bonchev–Trinajstić information content (AvgIpc) is 2.94. The molecule has 6 nitrogen and oxygen atoms in total. The van der Waals surface area contributed by atoms with Crippen molar-refractivity contribution in [3.05, 3.63) is 12.4 Å². The quantitative estimate of drug-likeness (QED) is 0.897. The lowest BCUT2D eigenvalue weighted by Gasteiger charge is -2.21. The molecular formula is C14H20N4O2. The zero-order chi connectivity index (χ0) is 14.3. The Morgan fingerprint density at radius 1 is 1.35 bits per heavy atom. The molecule has 3 rings (SSSR count). The fourth-order valence-electron chi connectivity index (χ4n) is 2.56. The average molecular weight is 276 g/mol. The minimum absolute atomic E-state index is 0.428. The lowest BCUT2D eigenvalue weighted by Crippen LogP contribution is -2.28. The number of aromatic nitrogens is 2. The molecule has 0 bridgehead atoms. The number of nitrogens with zero attached hydrogens (tertiary/aromatic N) is 3. The topological polar surface area (TPSA) is 67.3 Å². The summed E-state index contributed by atoms with van der Waals surface area (Å²) < 4.78 is 5.20. The molecule has 1 amide bonds. The highest BCUT2D eigenvalue weighted by atomic mass is 16.6. The fourth-order valence-corrected chi connectivity index (χ4v) is 2.56. The van der Waals surface area contributed by atoms with Gasteiger partial charge in [0.15, 0.2) is 5.82 Å². The van der Waals surface area contributed by atoms with Gasteiger partial charge in [0.05, 0.1) is 12.4 Å². The summed E-state index contributed by atoms with van der Waals surface area (Å²) in [6, 6.07) is 0. The van der Waals surface area contributed by atoms with Crippen LogP contribution in [0.5, 0.6) is 0 Å². The zero-order valence-electron chi connectivity index (χ0n) is 12.1. The highest BCUT2D eigenvalue weighted by Gasteiger charge is 2.45. The summed E-state index contributed by atoms with van der Waals surface area (Å²) in [6.45, 7) is 7.58. The summed E-state index contributed by atoms with van der Waals surface area (Å²) in [7, 11) is 0. The Kier molecular flexibility index (Phi) is 3.03. The van der Waals surface area contributed by atoms with Gasteiger partial charge in [-0.25, -0.2) is 9.78 Å². The van der Waals surface area contributed by atoms with Crippen LogP contribution in [-0.2, 0) is 4.74 Å². The van der Waals surface area contributed by atoms with Crippen molar-refractivity contribution in [2.24, 2.45) is 11.8 Å². The van der Waals surface area contributed by atoms with Crippen molar-refractivity contribution < 1.29 is 9.53 Å². The first-order chi connectivity index (χ1) is 9.40. The Hall–Kier alpha value is -1.85. The van der Waals surface area contributed by atoms with Crippen LogP contribution in [0.3, 0.4) is 0 Å². The predicted molar refractivity (Wildman–Crippen MR) is 75.7 cm³/mol. The molecule has 0 aromatic carbocycles. The molecule has 2 fully saturated rings. The third kappa shape index (κ3) is 3.00. The molecule has 1 aliphatic heterocycles. The fraction of sp³-hybridized carbons (Fsp3) is 0.643. The maximum Gasteiger partial charge on any atom is 0.413 e. The molecule has 2 atom stereocenters. The van der Waals surface area contributed by atoms with Gasteiger partial charge in [0.1, 0.15) is 11.4 Å². The number of hydrogen-bond donors (Lipinski definition) is 1. The molecule has 0 radical (unpaired) electrons. The monoisotopic (exact) mass is 276 g/mol. The van der Waals surface area contributed by atoms with Gasteiger partial charge in [-0.05, 0) is 39.0 Å². The van der Waals surface area contributed by atoms with E-state index < -0.39 is 11.7 Å². The summed E-state index contributed by atoms with van der Waals surface area (Å²) in [5.41, 5.74) is -0.522. The molecular weight excluding hydrogens is 256 g/mol. The molecule has 1 N–H and O–H groups in total. The van der Waals surface area contributed by atoms with Crippen LogP contribution in [0.4, 0.5) is 16.4 Å². The van der Waals surface area contributed by atoms with Crippen LogP contribution in [0.2, 0.25) is 0 Å². The van der Waals surface area contributed by atoms with Crippen molar-refractivity contribution in [2.75, 3.05) is 23.3 Å². The first-order valence-corrected chi connectivity index (χ1v) is 6.98. The SMILES string of the molecule is CC(C)(C)OC(=O)Nc1cncc(N2CC3CC3C2)n1. The van der Waals surface area contributed by atoms with Crippen LogP contribution < -0.4 is 10.2 Å². The second kappa shape index (κ2) is 4.61. The van der Waals surface area contributed by atoms with Gasteiger partial charge in [-0.15, -0.1) is 0 Å². The number of piperidine rings is 1. The molecule has 0 spiro atoms. The molecule has 1 aromatic heterocycles. The summed E-state index contributed by atoms with van der Waals surface area (Å²) in [4.78, 5) is 22.5. The smallest absolute Gasteiger partial charge is 0.413 e. The van der Waals surface area contributed by atoms with Crippen molar-refractivity contribution in [1.82, 2.24) is 9.97 Å². The largest absolute Gasteiger partial charge is 0.444 e. The predicted octanol–water partition coefficient (Wildman–Crippen LogP) is 2.28. The van der Waals surface area contributed by atoms with Crippen LogP contribution in [0.1, 0.15) is 27.2 Å². The third-order valence-corrected chi connectivity index (χ3v) is 3.55. The van der Waals surface area contributed by atoms with E-state index in [0.717, 1.165) is 30.7 Å². The number of rotatable bonds is 2. The lowest BCUT2D eigenvalue weighted by atomic mass is 10.2. The highest BCUT2D eigenvalue weighted by molar-refractivity contribution is 5.83. The summed E-state index contributed by atoms with van der Waals surface area (Å²) in [5, 5.41) is 2.62. The summed E-state index contributed by atoms with van der Waals surface area (Å²) in [6.07, 6.45) is 4.11. The molecule has 1 saturated heterocycles. The van der Waals surface area contributed by atoms with Gasteiger partial charge in [0.25, 0.3) is 0 Å². The Labute approximate surface area is 118 Å². The minimum Gasteiger partial charge on any atom is -0.444 e. The Balaban J connectivity index is 1.64. The van der Waals surface area contributed by atoms with Crippen LogP contribution in [0.15, 0.2) is 12.4 Å². The van der Waals surface area contributed by atoms with Crippen molar-refractivity contribution >= 4 is 17.7 Å². The van der Waals surface area contributed by atoms with E-state index >= 15 is 0 Å². The van der Waals surface area contributed by atoms with Gasteiger partial charge in [0.2, 0.25) is 0 Å². The lowest BCUT2D eigenvalue weighted by molar-refractivity contribution is 0.0635. The van der Waals surface area contributed by atoms with Gasteiger partial charge in [0, 0.05) is 13.1 Å². The number of carbonyl (C=O) groups is 1. The van der Waals surface area contributed by atoms with E-state index in [-0.39, 0.29) is 0 Å². The van der Waals surface area contributed by atoms with Gasteiger partial charge in [-0.2, -0.15) is 0 Å². The van der Waals surface area contributed by atoms with Crippen molar-refractivity contribution in [3.8, 4) is 0 Å². The third-order valence-electron chi connectivity index (χ3n) is 3.55. The number of hydrogen-bond acceptors (Lipinski definition) is 5. The van der Waals surface area contributed by atoms with Gasteiger partial charge in [-0.1, -0.05) is 0 Å². The molecule has 2 unspecified atom stereocenters. The molecule has 108 valence electrons. The minimum atomic E-state index is -0.522. The van der Waals surface area contributed by atoms with Crippen molar-refractivity contribution in [2.45, 2.75) is 32.8 Å². The Morgan fingerprint density at radius 3 is 2.70 bits per heavy atom. The number of nitrogens with one attached hydrogen (secondary N) is 1. The normalized spacial score (nSPS) is 24.2. The zero-order valence-corrected chi connectivity index (χ0v) is 12.1. The van der Waals surface area contributed by atoms with Crippen molar-refractivity contribution in [1.29, 1.82) is 0 Å². The van der Waals surface area contributed by atoms with Crippen LogP contribution >= 0.6 is 0 Å². The van der Waals surface area contributed by atoms with Crippen LogP contribution in [0, 0.1) is 11.8 Å². The van der Waals surface area contributed by atoms with E-state index in [1.54, 1.807) is 6.20 Å². The second-order valence-corrected chi connectivity index (χ2v) is 6.55. The molecule has 1 saturated carbocycles. The molecule has 2 aliphatic rings. The Morgan fingerprint density at radius 2 is 2.05 bits per heavy atom. The maximum atomic E-state index is 11.7. The number of ether oxygens (including phenoxy) is 1. The van der Waals surface area contributed by atoms with E-state index in [2.05, 4.69) is 20.2 Å². The van der Waals surface area contributed by atoms with E-state index in [4.69, 9.17) is 4.74 Å². The number of anilines is 2. The summed E-state index contributed by atoms with van der Waals surface area (Å²) in [5.74, 6) is 2.92. The standard InChI is InChI=1S/C14H20N4O2/c1-14(2,3)20-13(19)17-11-5-15-6-12(16-11)18-7-9-4-10(9)8-18/h5-6,9-10H,4,7-8H2,1-3H3,(H,16,17,19). The second-order valence-electron chi connectivity index (χ2n) is 6.55. The highest BCUT2D eigenvalue weighted by Crippen LogP contribution is 2.45. The van der Waals surface area contributed by atoms with Gasteiger partial charge < -0.3 is 9.64 Å². The molecule has 1 aromatic rings. The Bertz CT molecular complexity index is 516.